The summed E-state index contributed by atoms with van der Waals surface area (Å²) in [5, 5.41) is 12.4. The normalized spacial score (nSPS) is 11.7. The molecule has 0 unspecified atom stereocenters. The number of amides is 1. The predicted molar refractivity (Wildman–Crippen MR) is 126 cm³/mol. The number of nitrogens with zero attached hydrogens (tertiary/aromatic N) is 2. The maximum Gasteiger partial charge on any atom is 0.416 e. The van der Waals surface area contributed by atoms with Gasteiger partial charge in [-0.1, -0.05) is 36.7 Å². The minimum atomic E-state index is -4.48. The van der Waals surface area contributed by atoms with Crippen molar-refractivity contribution in [3.8, 4) is 11.8 Å². The number of carbonyl (C=O) groups is 1. The Labute approximate surface area is 203 Å². The molecule has 0 aliphatic carbocycles. The van der Waals surface area contributed by atoms with Crippen LogP contribution in [0.1, 0.15) is 34.9 Å². The van der Waals surface area contributed by atoms with E-state index in [2.05, 4.69) is 10.3 Å². The summed E-state index contributed by atoms with van der Waals surface area (Å²) in [6, 6.07) is 12.0. The summed E-state index contributed by atoms with van der Waals surface area (Å²) in [6.07, 6.45) is -0.689. The molecule has 1 amide bonds. The van der Waals surface area contributed by atoms with Crippen molar-refractivity contribution in [3.63, 3.8) is 0 Å². The van der Waals surface area contributed by atoms with Crippen LogP contribution in [0.25, 0.3) is 6.08 Å². The van der Waals surface area contributed by atoms with Crippen LogP contribution in [0, 0.1) is 11.3 Å². The van der Waals surface area contributed by atoms with Gasteiger partial charge in [0.25, 0.3) is 5.91 Å². The Balaban J connectivity index is 1.74. The number of carbonyl (C=O) groups excluding carboxylic acids is 1. The van der Waals surface area contributed by atoms with E-state index in [1.54, 1.807) is 24.3 Å². The van der Waals surface area contributed by atoms with E-state index in [4.69, 9.17) is 16.3 Å². The summed E-state index contributed by atoms with van der Waals surface area (Å²) in [5.74, 6) is -0.106. The van der Waals surface area contributed by atoms with Crippen molar-refractivity contribution in [3.05, 3.63) is 80.8 Å². The molecule has 0 saturated carbocycles. The smallest absolute Gasteiger partial charge is 0.416 e. The number of halogens is 4. The van der Waals surface area contributed by atoms with E-state index in [0.29, 0.717) is 28.4 Å². The zero-order chi connectivity index (χ0) is 24.7. The lowest BCUT2D eigenvalue weighted by molar-refractivity contribution is -0.137. The SMILES string of the molecule is CCCOc1ccccc1/C=C(\C#N)C(=O)Nc1ncc(Cc2cc(C(F)(F)F)ccc2Cl)s1. The number of ether oxygens (including phenoxy) is 1. The van der Waals surface area contributed by atoms with Crippen LogP contribution in [0.15, 0.2) is 54.2 Å². The molecule has 2 aromatic carbocycles. The average Bonchev–Trinajstić information content (AvgIpc) is 3.23. The molecule has 0 aliphatic rings. The molecule has 34 heavy (non-hydrogen) atoms. The molecule has 10 heteroatoms. The Morgan fingerprint density at radius 3 is 2.76 bits per heavy atom. The molecule has 5 nitrogen and oxygen atoms in total. The zero-order valence-corrected chi connectivity index (χ0v) is 19.5. The molecular formula is C24H19ClF3N3O2S. The van der Waals surface area contributed by atoms with E-state index in [1.165, 1.54) is 18.3 Å². The molecule has 0 bridgehead atoms. The minimum Gasteiger partial charge on any atom is -0.493 e. The predicted octanol–water partition coefficient (Wildman–Crippen LogP) is 6.74. The van der Waals surface area contributed by atoms with Crippen molar-refractivity contribution in [2.45, 2.75) is 25.9 Å². The number of benzene rings is 2. The van der Waals surface area contributed by atoms with Crippen LogP contribution < -0.4 is 10.1 Å². The van der Waals surface area contributed by atoms with Gasteiger partial charge in [-0.05, 0) is 42.3 Å². The highest BCUT2D eigenvalue weighted by atomic mass is 35.5. The molecule has 0 radical (unpaired) electrons. The molecule has 0 fully saturated rings. The zero-order valence-electron chi connectivity index (χ0n) is 17.9. The van der Waals surface area contributed by atoms with Crippen molar-refractivity contribution < 1.29 is 22.7 Å². The Morgan fingerprint density at radius 1 is 1.29 bits per heavy atom. The van der Waals surface area contributed by atoms with E-state index < -0.39 is 17.6 Å². The highest BCUT2D eigenvalue weighted by molar-refractivity contribution is 7.15. The second-order valence-electron chi connectivity index (χ2n) is 7.12. The lowest BCUT2D eigenvalue weighted by Gasteiger charge is -2.09. The van der Waals surface area contributed by atoms with Gasteiger partial charge in [0.2, 0.25) is 0 Å². The topological polar surface area (TPSA) is 75.0 Å². The van der Waals surface area contributed by atoms with Gasteiger partial charge in [-0.2, -0.15) is 18.4 Å². The van der Waals surface area contributed by atoms with Crippen LogP contribution in [0.2, 0.25) is 5.02 Å². The summed E-state index contributed by atoms with van der Waals surface area (Å²) >= 11 is 7.14. The first-order valence-electron chi connectivity index (χ1n) is 10.2. The van der Waals surface area contributed by atoms with E-state index in [1.807, 2.05) is 13.0 Å². The first-order valence-corrected chi connectivity index (χ1v) is 11.4. The van der Waals surface area contributed by atoms with Crippen molar-refractivity contribution in [2.24, 2.45) is 0 Å². The fourth-order valence-corrected chi connectivity index (χ4v) is 3.95. The molecule has 1 N–H and O–H groups in total. The Bertz CT molecular complexity index is 1250. The highest BCUT2D eigenvalue weighted by Crippen LogP contribution is 2.33. The monoisotopic (exact) mass is 505 g/mol. The summed E-state index contributed by atoms with van der Waals surface area (Å²) < 4.78 is 44.6. The largest absolute Gasteiger partial charge is 0.493 e. The van der Waals surface area contributed by atoms with E-state index in [0.717, 1.165) is 29.9 Å². The van der Waals surface area contributed by atoms with Gasteiger partial charge in [0, 0.05) is 28.1 Å². The lowest BCUT2D eigenvalue weighted by Crippen LogP contribution is -2.13. The van der Waals surface area contributed by atoms with Crippen molar-refractivity contribution in [1.82, 2.24) is 4.98 Å². The van der Waals surface area contributed by atoms with Gasteiger partial charge in [0.05, 0.1) is 12.2 Å². The van der Waals surface area contributed by atoms with Gasteiger partial charge >= 0.3 is 6.18 Å². The number of hydrogen-bond donors (Lipinski definition) is 1. The standard InChI is InChI=1S/C24H19ClF3N3O2S/c1-2-9-33-21-6-4-3-5-15(21)10-17(13-29)22(32)31-23-30-14-19(34-23)12-16-11-18(24(26,27)28)7-8-20(16)25/h3-8,10-11,14H,2,9,12H2,1H3,(H,30,31,32)/b17-10+. The molecule has 0 spiro atoms. The molecule has 176 valence electrons. The van der Waals surface area contributed by atoms with Gasteiger partial charge in [0.1, 0.15) is 17.4 Å². The van der Waals surface area contributed by atoms with Crippen molar-refractivity contribution in [2.75, 3.05) is 11.9 Å². The van der Waals surface area contributed by atoms with Crippen LogP contribution >= 0.6 is 22.9 Å². The van der Waals surface area contributed by atoms with Crippen LogP contribution in [-0.2, 0) is 17.4 Å². The quantitative estimate of drug-likeness (QED) is 0.272. The lowest BCUT2D eigenvalue weighted by atomic mass is 10.1. The summed E-state index contributed by atoms with van der Waals surface area (Å²) in [7, 11) is 0. The summed E-state index contributed by atoms with van der Waals surface area (Å²) in [4.78, 5) is 17.3. The van der Waals surface area contributed by atoms with Crippen LogP contribution in [0.3, 0.4) is 0 Å². The number of nitrogens with one attached hydrogen (secondary N) is 1. The van der Waals surface area contributed by atoms with E-state index in [9.17, 15) is 23.2 Å². The highest BCUT2D eigenvalue weighted by Gasteiger charge is 2.31. The van der Waals surface area contributed by atoms with Crippen molar-refractivity contribution >= 4 is 40.1 Å². The molecule has 1 aromatic heterocycles. The molecule has 3 rings (SSSR count). The number of nitriles is 1. The van der Waals surface area contributed by atoms with Crippen molar-refractivity contribution in [1.29, 1.82) is 5.26 Å². The Kier molecular flexibility index (Phi) is 8.31. The third-order valence-electron chi connectivity index (χ3n) is 4.56. The van der Waals surface area contributed by atoms with E-state index in [-0.39, 0.29) is 22.1 Å². The fourth-order valence-electron chi connectivity index (χ4n) is 2.93. The number of anilines is 1. The van der Waals surface area contributed by atoms with Gasteiger partial charge < -0.3 is 4.74 Å². The molecule has 0 atom stereocenters. The number of aromatic nitrogens is 1. The number of alkyl halides is 3. The molecule has 3 aromatic rings. The third kappa shape index (κ3) is 6.59. The average molecular weight is 506 g/mol. The van der Waals surface area contributed by atoms with Gasteiger partial charge in [0.15, 0.2) is 5.13 Å². The maximum absolute atomic E-state index is 13.0. The first kappa shape index (κ1) is 25.3. The number of para-hydroxylation sites is 1. The number of rotatable bonds is 8. The first-order chi connectivity index (χ1) is 16.2. The fraction of sp³-hybridized carbons (Fsp3) is 0.208. The molecule has 1 heterocycles. The van der Waals surface area contributed by atoms with E-state index >= 15 is 0 Å². The maximum atomic E-state index is 13.0. The summed E-state index contributed by atoms with van der Waals surface area (Å²) in [5.41, 5.74) is -0.0665. The molecular weight excluding hydrogens is 487 g/mol. The molecule has 0 aliphatic heterocycles. The second kappa shape index (κ2) is 11.2. The van der Waals surface area contributed by atoms with Gasteiger partial charge in [-0.25, -0.2) is 4.98 Å². The second-order valence-corrected chi connectivity index (χ2v) is 8.65. The van der Waals surface area contributed by atoms with Gasteiger partial charge in [-0.15, -0.1) is 11.3 Å². The minimum absolute atomic E-state index is 0.110. The third-order valence-corrected chi connectivity index (χ3v) is 5.84. The van der Waals surface area contributed by atoms with Gasteiger partial charge in [-0.3, -0.25) is 10.1 Å². The van der Waals surface area contributed by atoms with Crippen LogP contribution in [0.5, 0.6) is 5.75 Å². The summed E-state index contributed by atoms with van der Waals surface area (Å²) in [6.45, 7) is 2.46. The Morgan fingerprint density at radius 2 is 2.06 bits per heavy atom. The number of hydrogen-bond acceptors (Lipinski definition) is 5. The Hall–Kier alpha value is -3.35. The molecule has 0 saturated heterocycles. The van der Waals surface area contributed by atoms with Crippen LogP contribution in [-0.4, -0.2) is 17.5 Å². The van der Waals surface area contributed by atoms with Crippen LogP contribution in [0.4, 0.5) is 18.3 Å². The number of thiazole rings is 1.